The second-order valence-corrected chi connectivity index (χ2v) is 9.63. The van der Waals surface area contributed by atoms with Crippen LogP contribution >= 0.6 is 35.0 Å². The zero-order valence-corrected chi connectivity index (χ0v) is 20.0. The molecule has 1 aromatic heterocycles. The number of amides is 2. The Morgan fingerprint density at radius 3 is 2.32 bits per heavy atom. The van der Waals surface area contributed by atoms with Crippen molar-refractivity contribution >= 4 is 63.1 Å². The van der Waals surface area contributed by atoms with E-state index in [1.807, 2.05) is 35.0 Å². The molecule has 1 aliphatic rings. The monoisotopic (exact) mass is 510 g/mol. The van der Waals surface area contributed by atoms with Gasteiger partial charge in [-0.1, -0.05) is 59.6 Å². The van der Waals surface area contributed by atoms with Crippen LogP contribution in [0, 0.1) is 5.82 Å². The summed E-state index contributed by atoms with van der Waals surface area (Å²) < 4.78 is 15.2. The number of hydrogen-bond acceptors (Lipinski definition) is 3. The summed E-state index contributed by atoms with van der Waals surface area (Å²) in [6.07, 6.45) is 3.67. The van der Waals surface area contributed by atoms with Crippen LogP contribution in [0.4, 0.5) is 9.18 Å². The molecule has 5 rings (SSSR count). The summed E-state index contributed by atoms with van der Waals surface area (Å²) in [5.41, 5.74) is 3.25. The maximum Gasteiger partial charge on any atom is 0.293 e. The summed E-state index contributed by atoms with van der Waals surface area (Å²) in [5, 5.41) is 1.74. The van der Waals surface area contributed by atoms with Gasteiger partial charge in [0.25, 0.3) is 11.1 Å². The van der Waals surface area contributed by atoms with Gasteiger partial charge >= 0.3 is 0 Å². The standard InChI is InChI=1S/C26H17Cl2FN2O2S/c27-21-5-3-6-22(28)20(21)15-30-14-17(19-4-1-2-7-23(19)30)12-24-25(32)31(26(33)34-24)13-16-8-10-18(29)11-9-16/h1-12,14H,13,15H2/b24-12-. The first kappa shape index (κ1) is 22.7. The van der Waals surface area contributed by atoms with Crippen molar-refractivity contribution in [2.24, 2.45) is 0 Å². The summed E-state index contributed by atoms with van der Waals surface area (Å²) in [7, 11) is 0. The van der Waals surface area contributed by atoms with E-state index in [-0.39, 0.29) is 23.5 Å². The number of carbonyl (C=O) groups excluding carboxylic acids is 2. The molecule has 1 fully saturated rings. The number of carbonyl (C=O) groups is 2. The van der Waals surface area contributed by atoms with E-state index in [9.17, 15) is 14.0 Å². The van der Waals surface area contributed by atoms with Crippen molar-refractivity contribution in [2.75, 3.05) is 0 Å². The molecule has 4 aromatic rings. The molecule has 0 atom stereocenters. The highest BCUT2D eigenvalue weighted by Gasteiger charge is 2.35. The summed E-state index contributed by atoms with van der Waals surface area (Å²) in [4.78, 5) is 27.1. The van der Waals surface area contributed by atoms with Gasteiger partial charge < -0.3 is 4.57 Å². The van der Waals surface area contributed by atoms with E-state index < -0.39 is 0 Å². The van der Waals surface area contributed by atoms with Gasteiger partial charge in [0.15, 0.2) is 0 Å². The molecule has 1 aliphatic heterocycles. The fourth-order valence-electron chi connectivity index (χ4n) is 3.92. The lowest BCUT2D eigenvalue weighted by atomic mass is 10.1. The molecule has 34 heavy (non-hydrogen) atoms. The average Bonchev–Trinajstić information content (AvgIpc) is 3.30. The van der Waals surface area contributed by atoms with Crippen LogP contribution in [0.3, 0.4) is 0 Å². The number of para-hydroxylation sites is 1. The normalized spacial score (nSPS) is 15.1. The first-order valence-corrected chi connectivity index (χ1v) is 12.0. The summed E-state index contributed by atoms with van der Waals surface area (Å²) in [6, 6.07) is 19.0. The van der Waals surface area contributed by atoms with Crippen LogP contribution in [0.15, 0.2) is 77.8 Å². The topological polar surface area (TPSA) is 42.3 Å². The second-order valence-electron chi connectivity index (χ2n) is 7.82. The van der Waals surface area contributed by atoms with Crippen molar-refractivity contribution in [1.82, 2.24) is 9.47 Å². The van der Waals surface area contributed by atoms with E-state index >= 15 is 0 Å². The Balaban J connectivity index is 1.48. The van der Waals surface area contributed by atoms with Gasteiger partial charge in [0.2, 0.25) is 0 Å². The minimum absolute atomic E-state index is 0.0923. The molecule has 8 heteroatoms. The minimum atomic E-state index is -0.370. The highest BCUT2D eigenvalue weighted by molar-refractivity contribution is 8.18. The van der Waals surface area contributed by atoms with Crippen molar-refractivity contribution in [3.8, 4) is 0 Å². The fraction of sp³-hybridized carbons (Fsp3) is 0.0769. The largest absolute Gasteiger partial charge is 0.342 e. The van der Waals surface area contributed by atoms with Gasteiger partial charge in [-0.05, 0) is 53.7 Å². The molecule has 0 radical (unpaired) electrons. The maximum atomic E-state index is 13.2. The minimum Gasteiger partial charge on any atom is -0.342 e. The molecule has 170 valence electrons. The number of benzene rings is 3. The van der Waals surface area contributed by atoms with Crippen LogP contribution in [-0.2, 0) is 17.9 Å². The SMILES string of the molecule is O=C1S/C(=C\c2cn(Cc3c(Cl)cccc3Cl)c3ccccc23)C(=O)N1Cc1ccc(F)cc1. The van der Waals surface area contributed by atoms with Crippen LogP contribution in [0.5, 0.6) is 0 Å². The molecule has 3 aromatic carbocycles. The highest BCUT2D eigenvalue weighted by atomic mass is 35.5. The average molecular weight is 511 g/mol. The number of fused-ring (bicyclic) bond motifs is 1. The Hall–Kier alpha value is -3.06. The Morgan fingerprint density at radius 2 is 1.59 bits per heavy atom. The van der Waals surface area contributed by atoms with Gasteiger partial charge in [0, 0.05) is 38.3 Å². The third kappa shape index (κ3) is 4.37. The van der Waals surface area contributed by atoms with Crippen LogP contribution in [0.25, 0.3) is 17.0 Å². The van der Waals surface area contributed by atoms with E-state index in [0.717, 1.165) is 33.8 Å². The van der Waals surface area contributed by atoms with Gasteiger partial charge in [0.05, 0.1) is 18.0 Å². The molecule has 0 spiro atoms. The maximum absolute atomic E-state index is 13.2. The van der Waals surface area contributed by atoms with E-state index in [4.69, 9.17) is 23.2 Å². The summed E-state index contributed by atoms with van der Waals surface area (Å²) in [6.45, 7) is 0.550. The Bertz CT molecular complexity index is 1440. The number of rotatable bonds is 5. The van der Waals surface area contributed by atoms with Crippen molar-refractivity contribution in [2.45, 2.75) is 13.1 Å². The number of halogens is 3. The quantitative estimate of drug-likeness (QED) is 0.263. The molecule has 0 bridgehead atoms. The zero-order valence-electron chi connectivity index (χ0n) is 17.7. The van der Waals surface area contributed by atoms with E-state index in [1.54, 1.807) is 36.4 Å². The molecule has 2 amide bonds. The summed E-state index contributed by atoms with van der Waals surface area (Å²) in [5.74, 6) is -0.738. The first-order chi connectivity index (χ1) is 16.4. The van der Waals surface area contributed by atoms with E-state index in [2.05, 4.69) is 0 Å². The third-order valence-electron chi connectivity index (χ3n) is 5.62. The molecule has 0 N–H and O–H groups in total. The smallest absolute Gasteiger partial charge is 0.293 e. The van der Waals surface area contributed by atoms with Crippen LogP contribution in [-0.4, -0.2) is 20.6 Å². The predicted molar refractivity (Wildman–Crippen MR) is 135 cm³/mol. The van der Waals surface area contributed by atoms with Crippen molar-refractivity contribution in [1.29, 1.82) is 0 Å². The second kappa shape index (κ2) is 9.29. The van der Waals surface area contributed by atoms with Crippen LogP contribution in [0.2, 0.25) is 10.0 Å². The molecular formula is C26H17Cl2FN2O2S. The molecule has 0 saturated carbocycles. The van der Waals surface area contributed by atoms with Crippen molar-refractivity contribution in [3.05, 3.63) is 110 Å². The Labute approximate surface area is 209 Å². The molecule has 4 nitrogen and oxygen atoms in total. The lowest BCUT2D eigenvalue weighted by Gasteiger charge is -2.12. The molecule has 1 saturated heterocycles. The number of imide groups is 1. The van der Waals surface area contributed by atoms with E-state index in [1.165, 1.54) is 17.0 Å². The molecular weight excluding hydrogens is 494 g/mol. The van der Waals surface area contributed by atoms with Crippen LogP contribution < -0.4 is 0 Å². The van der Waals surface area contributed by atoms with Crippen LogP contribution in [0.1, 0.15) is 16.7 Å². The van der Waals surface area contributed by atoms with Gasteiger partial charge in [-0.15, -0.1) is 0 Å². The highest BCUT2D eigenvalue weighted by Crippen LogP contribution is 2.35. The summed E-state index contributed by atoms with van der Waals surface area (Å²) >= 11 is 13.7. The molecule has 0 aliphatic carbocycles. The van der Waals surface area contributed by atoms with Crippen molar-refractivity contribution < 1.29 is 14.0 Å². The van der Waals surface area contributed by atoms with Gasteiger partial charge in [-0.2, -0.15) is 0 Å². The lowest BCUT2D eigenvalue weighted by molar-refractivity contribution is -0.123. The number of thioether (sulfide) groups is 1. The van der Waals surface area contributed by atoms with Crippen molar-refractivity contribution in [3.63, 3.8) is 0 Å². The Morgan fingerprint density at radius 1 is 0.882 bits per heavy atom. The molecule has 0 unspecified atom stereocenters. The van der Waals surface area contributed by atoms with Gasteiger partial charge in [0.1, 0.15) is 5.82 Å². The van der Waals surface area contributed by atoms with Gasteiger partial charge in [-0.3, -0.25) is 14.5 Å². The molecule has 2 heterocycles. The lowest BCUT2D eigenvalue weighted by Crippen LogP contribution is -2.27. The predicted octanol–water partition coefficient (Wildman–Crippen LogP) is 7.37. The van der Waals surface area contributed by atoms with Gasteiger partial charge in [-0.25, -0.2) is 4.39 Å². The fourth-order valence-corrected chi connectivity index (χ4v) is 5.27. The third-order valence-corrected chi connectivity index (χ3v) is 7.24. The first-order valence-electron chi connectivity index (χ1n) is 10.4. The number of hydrogen-bond donors (Lipinski definition) is 0. The Kier molecular flexibility index (Phi) is 6.21. The number of nitrogens with zero attached hydrogens (tertiary/aromatic N) is 2. The zero-order chi connectivity index (χ0) is 23.8. The van der Waals surface area contributed by atoms with E-state index in [0.29, 0.717) is 27.1 Å². The number of aromatic nitrogens is 1.